The van der Waals surface area contributed by atoms with Crippen LogP contribution in [0.25, 0.3) is 10.9 Å². The van der Waals surface area contributed by atoms with Gasteiger partial charge in [-0.2, -0.15) is 12.6 Å². The Bertz CT molecular complexity index is 1630. The summed E-state index contributed by atoms with van der Waals surface area (Å²) in [5, 5.41) is 11.6. The number of benzene rings is 2. The fourth-order valence-corrected chi connectivity index (χ4v) is 5.15. The van der Waals surface area contributed by atoms with E-state index < -0.39 is 53.7 Å². The Hall–Kier alpha value is -5.11. The van der Waals surface area contributed by atoms with Crippen LogP contribution in [-0.4, -0.2) is 74.4 Å². The van der Waals surface area contributed by atoms with E-state index in [2.05, 4.69) is 48.8 Å². The van der Waals surface area contributed by atoms with Crippen molar-refractivity contribution in [3.63, 3.8) is 0 Å². The van der Waals surface area contributed by atoms with Gasteiger partial charge in [-0.05, 0) is 17.2 Å². The molecule has 0 aliphatic rings. The maximum absolute atomic E-state index is 13.9. The third kappa shape index (κ3) is 9.19. The first-order valence-electron chi connectivity index (χ1n) is 14.3. The third-order valence-electron chi connectivity index (χ3n) is 7.16. The van der Waals surface area contributed by atoms with Gasteiger partial charge in [0.25, 0.3) is 0 Å². The maximum atomic E-state index is 13.9. The molecule has 4 rings (SSSR count). The van der Waals surface area contributed by atoms with E-state index in [1.807, 2.05) is 42.5 Å². The van der Waals surface area contributed by atoms with Gasteiger partial charge in [0.1, 0.15) is 24.2 Å². The van der Waals surface area contributed by atoms with Crippen molar-refractivity contribution in [2.75, 3.05) is 5.75 Å². The van der Waals surface area contributed by atoms with Crippen LogP contribution in [0.5, 0.6) is 0 Å². The van der Waals surface area contributed by atoms with Crippen molar-refractivity contribution in [1.29, 1.82) is 0 Å². The lowest BCUT2D eigenvalue weighted by atomic mass is 10.0. The van der Waals surface area contributed by atoms with Crippen molar-refractivity contribution >= 4 is 53.1 Å². The number of para-hydroxylation sites is 1. The number of hydrogen-bond donors (Lipinski definition) is 8. The molecular weight excluding hydrogens is 596 g/mol. The van der Waals surface area contributed by atoms with E-state index >= 15 is 0 Å². The lowest BCUT2D eigenvalue weighted by Gasteiger charge is -2.26. The van der Waals surface area contributed by atoms with Crippen LogP contribution in [0, 0.1) is 0 Å². The molecular formula is C31H36N8O5S. The molecule has 0 bridgehead atoms. The average molecular weight is 633 g/mol. The van der Waals surface area contributed by atoms with Gasteiger partial charge in [-0.15, -0.1) is 0 Å². The summed E-state index contributed by atoms with van der Waals surface area (Å²) in [6, 6.07) is 12.2. The fraction of sp³-hybridized carbons (Fsp3) is 0.290. The van der Waals surface area contributed by atoms with Gasteiger partial charge in [-0.3, -0.25) is 24.0 Å². The molecule has 0 saturated heterocycles. The fourth-order valence-electron chi connectivity index (χ4n) is 4.88. The molecule has 0 spiro atoms. The number of rotatable bonds is 15. The Morgan fingerprint density at radius 3 is 1.98 bits per heavy atom. The van der Waals surface area contributed by atoms with E-state index in [4.69, 9.17) is 5.73 Å². The van der Waals surface area contributed by atoms with Crippen molar-refractivity contribution in [2.24, 2.45) is 5.73 Å². The van der Waals surface area contributed by atoms with E-state index in [9.17, 15) is 24.0 Å². The van der Waals surface area contributed by atoms with Gasteiger partial charge in [-0.25, -0.2) is 4.98 Å². The highest BCUT2D eigenvalue weighted by atomic mass is 32.1. The molecule has 2 aromatic heterocycles. The number of thiol groups is 1. The molecule has 0 aliphatic carbocycles. The van der Waals surface area contributed by atoms with Crippen molar-refractivity contribution in [3.8, 4) is 0 Å². The molecule has 0 aliphatic heterocycles. The number of nitrogens with one attached hydrogen (secondary N) is 6. The second kappa shape index (κ2) is 15.6. The summed E-state index contributed by atoms with van der Waals surface area (Å²) in [6.45, 7) is 1.29. The van der Waals surface area contributed by atoms with Gasteiger partial charge < -0.3 is 37.0 Å². The van der Waals surface area contributed by atoms with Crippen molar-refractivity contribution in [2.45, 2.75) is 50.4 Å². The minimum absolute atomic E-state index is 0.0393. The van der Waals surface area contributed by atoms with Gasteiger partial charge in [0.05, 0.1) is 6.33 Å². The number of aromatic amines is 2. The van der Waals surface area contributed by atoms with E-state index in [0.29, 0.717) is 5.69 Å². The molecule has 236 valence electrons. The molecule has 2 aromatic carbocycles. The highest BCUT2D eigenvalue weighted by Crippen LogP contribution is 2.19. The van der Waals surface area contributed by atoms with Gasteiger partial charge in [0, 0.05) is 60.9 Å². The summed E-state index contributed by atoms with van der Waals surface area (Å²) in [7, 11) is 0. The number of amides is 5. The average Bonchev–Trinajstić information content (AvgIpc) is 3.69. The molecule has 0 unspecified atom stereocenters. The predicted octanol–water partition coefficient (Wildman–Crippen LogP) is 0.293. The van der Waals surface area contributed by atoms with E-state index in [-0.39, 0.29) is 25.0 Å². The van der Waals surface area contributed by atoms with Crippen molar-refractivity contribution in [1.82, 2.24) is 36.2 Å². The molecule has 8 N–H and O–H groups in total. The molecule has 0 radical (unpaired) electrons. The van der Waals surface area contributed by atoms with E-state index in [1.54, 1.807) is 18.3 Å². The first-order valence-corrected chi connectivity index (χ1v) is 14.9. The standard InChI is InChI=1S/C31H36N8O5S/c1-18(40)36-26(13-21-15-33-17-35-21)31(44)37-24(11-19-7-3-2-4-8-19)29(42)38-25(30(43)39-27(16-45)28(32)41)12-20-14-34-23-10-6-5-9-22(20)23/h2-10,14-15,17,24-27,34,45H,11-13,16H2,1H3,(H2,32,41)(H,33,35)(H,36,40)(H,37,44)(H,38,42)(H,39,43)/t24-,25-,26-,27-/m0/s1. The second-order valence-corrected chi connectivity index (χ2v) is 10.9. The van der Waals surface area contributed by atoms with Crippen LogP contribution in [-0.2, 0) is 43.2 Å². The number of imidazole rings is 1. The van der Waals surface area contributed by atoms with E-state index in [0.717, 1.165) is 22.0 Å². The zero-order valence-corrected chi connectivity index (χ0v) is 25.5. The first-order chi connectivity index (χ1) is 21.6. The number of fused-ring (bicyclic) bond motifs is 1. The maximum Gasteiger partial charge on any atom is 0.243 e. The van der Waals surface area contributed by atoms with Crippen molar-refractivity contribution in [3.05, 3.63) is 90.1 Å². The number of hydrogen-bond acceptors (Lipinski definition) is 7. The summed E-state index contributed by atoms with van der Waals surface area (Å²) in [5.41, 5.74) is 8.39. The normalized spacial score (nSPS) is 13.6. The molecule has 4 atom stereocenters. The topological polar surface area (TPSA) is 204 Å². The smallest absolute Gasteiger partial charge is 0.243 e. The molecule has 14 heteroatoms. The first kappa shape index (κ1) is 32.8. The van der Waals surface area contributed by atoms with Crippen LogP contribution in [0.4, 0.5) is 0 Å². The van der Waals surface area contributed by atoms with Gasteiger partial charge >= 0.3 is 0 Å². The summed E-state index contributed by atoms with van der Waals surface area (Å²) in [5.74, 6) is -3.13. The van der Waals surface area contributed by atoms with Crippen LogP contribution in [0.15, 0.2) is 73.3 Å². The van der Waals surface area contributed by atoms with Gasteiger partial charge in [0.2, 0.25) is 29.5 Å². The SMILES string of the molecule is CC(=O)N[C@@H](Cc1cnc[nH]1)C(=O)N[C@@H](Cc1ccccc1)C(=O)N[C@@H](Cc1c[nH]c2ccccc12)C(=O)N[C@@H](CS)C(N)=O. The quantitative estimate of drug-likeness (QED) is 0.0865. The summed E-state index contributed by atoms with van der Waals surface area (Å²) >= 11 is 4.11. The zero-order valence-electron chi connectivity index (χ0n) is 24.6. The van der Waals surface area contributed by atoms with E-state index in [1.165, 1.54) is 19.4 Å². The van der Waals surface area contributed by atoms with Crippen LogP contribution >= 0.6 is 12.6 Å². The van der Waals surface area contributed by atoms with Gasteiger partial charge in [0.15, 0.2) is 0 Å². The van der Waals surface area contributed by atoms with Crippen molar-refractivity contribution < 1.29 is 24.0 Å². The molecule has 13 nitrogen and oxygen atoms in total. The number of aromatic nitrogens is 3. The monoisotopic (exact) mass is 632 g/mol. The van der Waals surface area contributed by atoms with Crippen LogP contribution < -0.4 is 27.0 Å². The molecule has 0 fully saturated rings. The Morgan fingerprint density at radius 2 is 1.38 bits per heavy atom. The Kier molecular flexibility index (Phi) is 11.3. The molecule has 5 amide bonds. The largest absolute Gasteiger partial charge is 0.368 e. The number of carbonyl (C=O) groups is 5. The number of carbonyl (C=O) groups excluding carboxylic acids is 5. The lowest BCUT2D eigenvalue weighted by molar-refractivity contribution is -0.134. The number of H-pyrrole nitrogens is 2. The molecule has 0 saturated carbocycles. The number of nitrogens with two attached hydrogens (primary N) is 1. The summed E-state index contributed by atoms with van der Waals surface area (Å²) in [4.78, 5) is 74.8. The van der Waals surface area contributed by atoms with Crippen LogP contribution in [0.2, 0.25) is 0 Å². The molecule has 4 aromatic rings. The number of primary amides is 1. The highest BCUT2D eigenvalue weighted by Gasteiger charge is 2.31. The minimum Gasteiger partial charge on any atom is -0.368 e. The second-order valence-electron chi connectivity index (χ2n) is 10.6. The van der Waals surface area contributed by atoms with Crippen LogP contribution in [0.3, 0.4) is 0 Å². The van der Waals surface area contributed by atoms with Gasteiger partial charge in [-0.1, -0.05) is 48.5 Å². The van der Waals surface area contributed by atoms with Crippen LogP contribution in [0.1, 0.15) is 23.7 Å². The Morgan fingerprint density at radius 1 is 0.778 bits per heavy atom. The lowest BCUT2D eigenvalue weighted by Crippen LogP contribution is -2.59. The Labute approximate surface area is 264 Å². The molecule has 45 heavy (non-hydrogen) atoms. The Balaban J connectivity index is 1.61. The highest BCUT2D eigenvalue weighted by molar-refractivity contribution is 7.80. The third-order valence-corrected chi connectivity index (χ3v) is 7.53. The zero-order chi connectivity index (χ0) is 32.3. The predicted molar refractivity (Wildman–Crippen MR) is 171 cm³/mol. The summed E-state index contributed by atoms with van der Waals surface area (Å²) in [6.07, 6.45) is 5.01. The molecule has 2 heterocycles. The number of nitrogens with zero attached hydrogens (tertiary/aromatic N) is 1. The summed E-state index contributed by atoms with van der Waals surface area (Å²) < 4.78 is 0. The minimum atomic E-state index is -1.15.